The lowest BCUT2D eigenvalue weighted by molar-refractivity contribution is -0.141. The number of aromatic nitrogens is 3. The van der Waals surface area contributed by atoms with Crippen LogP contribution in [0.2, 0.25) is 0 Å². The molecule has 0 radical (unpaired) electrons. The summed E-state index contributed by atoms with van der Waals surface area (Å²) in [5.41, 5.74) is -1.02. The van der Waals surface area contributed by atoms with Crippen LogP contribution in [-0.4, -0.2) is 35.4 Å². The molecule has 32 heavy (non-hydrogen) atoms. The molecule has 1 aromatic carbocycles. The van der Waals surface area contributed by atoms with E-state index in [0.29, 0.717) is 5.39 Å². The van der Waals surface area contributed by atoms with Gasteiger partial charge in [0.25, 0.3) is 10.0 Å². The number of esters is 1. The van der Waals surface area contributed by atoms with Crippen LogP contribution >= 0.6 is 0 Å². The molecule has 0 aliphatic carbocycles. The number of aryl methyl sites for hydroxylation is 1. The van der Waals surface area contributed by atoms with Crippen LogP contribution in [0.15, 0.2) is 59.6 Å². The Bertz CT molecular complexity index is 1440. The molecular weight excluding hydrogens is 447 g/mol. The fourth-order valence-corrected chi connectivity index (χ4v) is 5.18. The third-order valence-corrected chi connectivity index (χ3v) is 6.70. The Morgan fingerprint density at radius 1 is 1.12 bits per heavy atom. The van der Waals surface area contributed by atoms with Crippen molar-refractivity contribution in [3.63, 3.8) is 0 Å². The van der Waals surface area contributed by atoms with Crippen LogP contribution < -0.4 is 0 Å². The summed E-state index contributed by atoms with van der Waals surface area (Å²) in [6.07, 6.45) is -3.49. The molecule has 11 heteroatoms. The van der Waals surface area contributed by atoms with Crippen molar-refractivity contribution in [2.24, 2.45) is 0 Å². The van der Waals surface area contributed by atoms with Gasteiger partial charge in [0, 0.05) is 17.3 Å². The first-order valence-corrected chi connectivity index (χ1v) is 10.8. The number of hydrogen-bond donors (Lipinski definition) is 0. The number of carbonyl (C=O) groups excluding carboxylic acids is 1. The van der Waals surface area contributed by atoms with Crippen molar-refractivity contribution in [1.29, 1.82) is 0 Å². The predicted molar refractivity (Wildman–Crippen MR) is 109 cm³/mol. The molecule has 166 valence electrons. The molecule has 0 saturated heterocycles. The highest BCUT2D eigenvalue weighted by atomic mass is 32.2. The Kier molecular flexibility index (Phi) is 5.37. The van der Waals surface area contributed by atoms with Gasteiger partial charge in [0.1, 0.15) is 10.6 Å². The van der Waals surface area contributed by atoms with Gasteiger partial charge in [-0.05, 0) is 36.8 Å². The molecular formula is C21H16F3N3O4S. The van der Waals surface area contributed by atoms with Crippen molar-refractivity contribution in [3.8, 4) is 0 Å². The van der Waals surface area contributed by atoms with Gasteiger partial charge in [0.15, 0.2) is 0 Å². The third-order valence-electron chi connectivity index (χ3n) is 4.90. The number of alkyl halides is 3. The van der Waals surface area contributed by atoms with Gasteiger partial charge in [0.2, 0.25) is 0 Å². The van der Waals surface area contributed by atoms with Crippen molar-refractivity contribution >= 4 is 37.9 Å². The number of benzene rings is 1. The largest absolute Gasteiger partial charge is 0.469 e. The lowest BCUT2D eigenvalue weighted by Crippen LogP contribution is -2.17. The van der Waals surface area contributed by atoms with Crippen molar-refractivity contribution in [3.05, 3.63) is 66.1 Å². The Balaban J connectivity index is 1.97. The van der Waals surface area contributed by atoms with E-state index >= 15 is 0 Å². The molecule has 0 bridgehead atoms. The lowest BCUT2D eigenvalue weighted by Gasteiger charge is -2.13. The molecule has 0 spiro atoms. The van der Waals surface area contributed by atoms with Crippen LogP contribution in [0.4, 0.5) is 13.2 Å². The number of rotatable bonds is 5. The quantitative estimate of drug-likeness (QED) is 0.417. The zero-order valence-electron chi connectivity index (χ0n) is 16.6. The summed E-state index contributed by atoms with van der Waals surface area (Å²) in [6.45, 7) is 0. The van der Waals surface area contributed by atoms with Crippen LogP contribution in [0.25, 0.3) is 21.9 Å². The summed E-state index contributed by atoms with van der Waals surface area (Å²) >= 11 is 0. The van der Waals surface area contributed by atoms with Gasteiger partial charge >= 0.3 is 12.1 Å². The summed E-state index contributed by atoms with van der Waals surface area (Å²) in [7, 11) is -3.11. The van der Waals surface area contributed by atoms with Gasteiger partial charge in [-0.3, -0.25) is 9.78 Å². The number of pyridine rings is 2. The molecule has 3 aromatic heterocycles. The van der Waals surface area contributed by atoms with Crippen molar-refractivity contribution in [2.75, 3.05) is 7.11 Å². The monoisotopic (exact) mass is 463 g/mol. The van der Waals surface area contributed by atoms with E-state index in [2.05, 4.69) is 14.7 Å². The Morgan fingerprint density at radius 3 is 2.59 bits per heavy atom. The average molecular weight is 463 g/mol. The normalized spacial score (nSPS) is 12.4. The third kappa shape index (κ3) is 3.79. The van der Waals surface area contributed by atoms with Crippen LogP contribution in [0.1, 0.15) is 17.8 Å². The van der Waals surface area contributed by atoms with E-state index < -0.39 is 27.9 Å². The molecule has 0 aliphatic rings. The molecule has 3 heterocycles. The maximum atomic E-state index is 13.7. The molecule has 0 N–H and O–H groups in total. The minimum atomic E-state index is -4.69. The van der Waals surface area contributed by atoms with Crippen LogP contribution in [0, 0.1) is 0 Å². The van der Waals surface area contributed by atoms with Gasteiger partial charge in [-0.1, -0.05) is 18.2 Å². The van der Waals surface area contributed by atoms with E-state index in [9.17, 15) is 26.4 Å². The molecule has 7 nitrogen and oxygen atoms in total. The molecule has 0 atom stereocenters. The van der Waals surface area contributed by atoms with E-state index in [1.165, 1.54) is 25.4 Å². The fourth-order valence-electron chi connectivity index (χ4n) is 3.45. The Hall–Kier alpha value is -3.47. The smallest absolute Gasteiger partial charge is 0.433 e. The number of fused-ring (bicyclic) bond motifs is 2. The summed E-state index contributed by atoms with van der Waals surface area (Å²) < 4.78 is 72.3. The summed E-state index contributed by atoms with van der Waals surface area (Å²) in [4.78, 5) is 19.3. The average Bonchev–Trinajstić information content (AvgIpc) is 3.14. The Labute approximate surface area is 180 Å². The SMILES string of the molecule is COC(=O)CCc1cc2nc(C(F)(F)F)ccc2n1S(=O)(=O)c1cccc2cccnc12. The van der Waals surface area contributed by atoms with Gasteiger partial charge in [-0.25, -0.2) is 17.4 Å². The Morgan fingerprint density at radius 2 is 1.88 bits per heavy atom. The number of carbonyl (C=O) groups is 1. The highest BCUT2D eigenvalue weighted by Gasteiger charge is 2.34. The first kappa shape index (κ1) is 21.8. The van der Waals surface area contributed by atoms with Gasteiger partial charge in [-0.2, -0.15) is 13.2 Å². The first-order chi connectivity index (χ1) is 15.1. The minimum Gasteiger partial charge on any atom is -0.469 e. The molecule has 0 saturated carbocycles. The summed E-state index contributed by atoms with van der Waals surface area (Å²) in [5.74, 6) is -0.588. The first-order valence-electron chi connectivity index (χ1n) is 9.37. The standard InChI is InChI=1S/C21H16F3N3O4S/c1-31-19(28)10-7-14-12-15-16(8-9-18(26-15)21(22,23)24)27(14)32(29,30)17-6-2-4-13-5-3-11-25-20(13)17/h2-6,8-9,11-12H,7,10H2,1H3. The highest BCUT2D eigenvalue weighted by molar-refractivity contribution is 7.90. The zero-order chi connectivity index (χ0) is 23.1. The van der Waals surface area contributed by atoms with Crippen LogP contribution in [0.3, 0.4) is 0 Å². The second-order valence-electron chi connectivity index (χ2n) is 6.91. The summed E-state index contributed by atoms with van der Waals surface area (Å²) in [6, 6.07) is 11.0. The molecule has 4 rings (SSSR count). The highest BCUT2D eigenvalue weighted by Crippen LogP contribution is 2.33. The van der Waals surface area contributed by atoms with Gasteiger partial charge in [-0.15, -0.1) is 0 Å². The fraction of sp³-hybridized carbons (Fsp3) is 0.190. The number of para-hydroxylation sites is 1. The maximum absolute atomic E-state index is 13.7. The second kappa shape index (κ2) is 7.90. The molecule has 0 aliphatic heterocycles. The van der Waals surface area contributed by atoms with Gasteiger partial charge in [0.05, 0.1) is 30.1 Å². The number of ether oxygens (including phenoxy) is 1. The number of methoxy groups -OCH3 is 1. The zero-order valence-corrected chi connectivity index (χ0v) is 17.4. The van der Waals surface area contributed by atoms with Gasteiger partial charge < -0.3 is 4.74 Å². The summed E-state index contributed by atoms with van der Waals surface area (Å²) in [5, 5.41) is 0.582. The molecule has 4 aromatic rings. The predicted octanol–water partition coefficient (Wildman–Crippen LogP) is 3.95. The van der Waals surface area contributed by atoms with E-state index in [1.807, 2.05) is 0 Å². The van der Waals surface area contributed by atoms with Crippen molar-refractivity contribution < 1.29 is 31.1 Å². The van der Waals surface area contributed by atoms with E-state index in [1.54, 1.807) is 24.3 Å². The maximum Gasteiger partial charge on any atom is 0.433 e. The molecule has 0 fully saturated rings. The van der Waals surface area contributed by atoms with E-state index in [-0.39, 0.29) is 40.0 Å². The number of hydrogen-bond acceptors (Lipinski definition) is 6. The molecule has 0 unspecified atom stereocenters. The van der Waals surface area contributed by atoms with Crippen molar-refractivity contribution in [2.45, 2.75) is 23.9 Å². The van der Waals surface area contributed by atoms with Crippen LogP contribution in [-0.2, 0) is 32.2 Å². The minimum absolute atomic E-state index is 0.0363. The van der Waals surface area contributed by atoms with E-state index in [4.69, 9.17) is 0 Å². The van der Waals surface area contributed by atoms with Crippen molar-refractivity contribution in [1.82, 2.24) is 13.9 Å². The molecule has 0 amide bonds. The number of halogens is 3. The lowest BCUT2D eigenvalue weighted by atomic mass is 10.2. The van der Waals surface area contributed by atoms with Crippen LogP contribution in [0.5, 0.6) is 0 Å². The van der Waals surface area contributed by atoms with E-state index in [0.717, 1.165) is 16.1 Å². The number of nitrogens with zero attached hydrogens (tertiary/aromatic N) is 3. The second-order valence-corrected chi connectivity index (χ2v) is 8.67. The topological polar surface area (TPSA) is 91.1 Å².